The second-order valence-corrected chi connectivity index (χ2v) is 4.89. The lowest BCUT2D eigenvalue weighted by Crippen LogP contribution is -2.54. The Morgan fingerprint density at radius 1 is 1.26 bits per heavy atom. The molecule has 0 aromatic carbocycles. The fourth-order valence-electron chi connectivity index (χ4n) is 2.39. The van der Waals surface area contributed by atoms with Gasteiger partial charge in [0, 0.05) is 6.92 Å². The van der Waals surface area contributed by atoms with Crippen LogP contribution in [0, 0.1) is 6.92 Å². The van der Waals surface area contributed by atoms with Gasteiger partial charge in [-0.15, -0.1) is 0 Å². The molecular weight excluding hydrogens is 250 g/mol. The Balaban J connectivity index is 2.16. The molecule has 0 bridgehead atoms. The van der Waals surface area contributed by atoms with Crippen LogP contribution in [0.4, 0.5) is 0 Å². The van der Waals surface area contributed by atoms with Crippen LogP contribution >= 0.6 is 0 Å². The number of nitrogens with zero attached hydrogens (tertiary/aromatic N) is 2. The van der Waals surface area contributed by atoms with E-state index in [1.807, 2.05) is 0 Å². The zero-order chi connectivity index (χ0) is 13.9. The minimum absolute atomic E-state index is 0.123. The zero-order valence-corrected chi connectivity index (χ0v) is 10.8. The van der Waals surface area contributed by atoms with E-state index in [1.165, 1.54) is 0 Å². The summed E-state index contributed by atoms with van der Waals surface area (Å²) in [5.74, 6) is -1.44. The van der Waals surface area contributed by atoms with Crippen molar-refractivity contribution in [3.05, 3.63) is 11.7 Å². The topological polar surface area (TPSA) is 105 Å². The minimum atomic E-state index is -1.21. The van der Waals surface area contributed by atoms with Gasteiger partial charge in [-0.1, -0.05) is 30.8 Å². The molecule has 7 heteroatoms. The van der Waals surface area contributed by atoms with E-state index in [4.69, 9.17) is 4.52 Å². The molecule has 7 nitrogen and oxygen atoms in total. The number of aryl methyl sites for hydroxylation is 1. The van der Waals surface area contributed by atoms with E-state index in [0.29, 0.717) is 12.8 Å². The maximum atomic E-state index is 12.0. The average molecular weight is 267 g/mol. The van der Waals surface area contributed by atoms with Crippen molar-refractivity contribution in [3.63, 3.8) is 0 Å². The third-order valence-electron chi connectivity index (χ3n) is 3.45. The number of carbonyl (C=O) groups is 2. The lowest BCUT2D eigenvalue weighted by Gasteiger charge is -2.28. The number of nitrogens with one attached hydrogen (secondary N) is 1. The Hall–Kier alpha value is -1.92. The van der Waals surface area contributed by atoms with Gasteiger partial charge in [0.25, 0.3) is 11.7 Å². The number of carboxylic acid groups (broad SMARTS) is 1. The lowest BCUT2D eigenvalue weighted by atomic mass is 9.90. The Morgan fingerprint density at radius 2 is 1.89 bits per heavy atom. The summed E-state index contributed by atoms with van der Waals surface area (Å²) in [5, 5.41) is 15.5. The Bertz CT molecular complexity index is 475. The van der Waals surface area contributed by atoms with Gasteiger partial charge in [0.05, 0.1) is 0 Å². The van der Waals surface area contributed by atoms with Gasteiger partial charge < -0.3 is 14.9 Å². The fourth-order valence-corrected chi connectivity index (χ4v) is 2.39. The van der Waals surface area contributed by atoms with Gasteiger partial charge in [0.15, 0.2) is 0 Å². The molecule has 1 saturated carbocycles. The number of hydrogen-bond donors (Lipinski definition) is 2. The fraction of sp³-hybridized carbons (Fsp3) is 0.667. The number of carboxylic acids is 1. The van der Waals surface area contributed by atoms with Gasteiger partial charge in [-0.2, -0.15) is 4.98 Å². The van der Waals surface area contributed by atoms with E-state index < -0.39 is 17.4 Å². The summed E-state index contributed by atoms with van der Waals surface area (Å²) in [6.45, 7) is 1.57. The third-order valence-corrected chi connectivity index (χ3v) is 3.45. The number of hydrogen-bond acceptors (Lipinski definition) is 5. The van der Waals surface area contributed by atoms with Crippen molar-refractivity contribution in [1.82, 2.24) is 15.5 Å². The molecule has 104 valence electrons. The van der Waals surface area contributed by atoms with Crippen molar-refractivity contribution in [2.75, 3.05) is 0 Å². The monoisotopic (exact) mass is 267 g/mol. The first kappa shape index (κ1) is 13.5. The van der Waals surface area contributed by atoms with Crippen LogP contribution in [-0.4, -0.2) is 32.7 Å². The molecule has 2 rings (SSSR count). The highest BCUT2D eigenvalue weighted by atomic mass is 16.5. The highest BCUT2D eigenvalue weighted by molar-refractivity contribution is 5.95. The maximum absolute atomic E-state index is 12.0. The van der Waals surface area contributed by atoms with Crippen molar-refractivity contribution in [3.8, 4) is 0 Å². The number of amides is 1. The van der Waals surface area contributed by atoms with E-state index >= 15 is 0 Å². The van der Waals surface area contributed by atoms with Gasteiger partial charge >= 0.3 is 5.97 Å². The lowest BCUT2D eigenvalue weighted by molar-refractivity contribution is -0.145. The quantitative estimate of drug-likeness (QED) is 0.799. The standard InChI is InChI=1S/C12H17N3O4/c1-8-13-9(15-19-8)10(16)14-12(11(17)18)6-4-2-3-5-7-12/h2-7H2,1H3,(H,14,16)(H,17,18). The molecule has 0 spiro atoms. The molecule has 1 fully saturated rings. The summed E-state index contributed by atoms with van der Waals surface area (Å²) in [6, 6.07) is 0. The van der Waals surface area contributed by atoms with Gasteiger partial charge in [-0.25, -0.2) is 4.79 Å². The van der Waals surface area contributed by atoms with E-state index in [9.17, 15) is 14.7 Å². The molecule has 19 heavy (non-hydrogen) atoms. The second kappa shape index (κ2) is 5.38. The molecule has 1 amide bonds. The number of carbonyl (C=O) groups excluding carboxylic acids is 1. The Labute approximate surface area is 110 Å². The molecule has 0 saturated heterocycles. The summed E-state index contributed by atoms with van der Waals surface area (Å²) in [4.78, 5) is 27.3. The highest BCUT2D eigenvalue weighted by Crippen LogP contribution is 2.27. The van der Waals surface area contributed by atoms with Crippen LogP contribution < -0.4 is 5.32 Å². The van der Waals surface area contributed by atoms with Crippen molar-refractivity contribution in [2.45, 2.75) is 51.0 Å². The molecule has 1 aromatic rings. The molecule has 0 atom stereocenters. The first-order chi connectivity index (χ1) is 9.03. The van der Waals surface area contributed by atoms with Crippen molar-refractivity contribution < 1.29 is 19.2 Å². The molecule has 1 aliphatic rings. The molecule has 1 aromatic heterocycles. The van der Waals surface area contributed by atoms with E-state index in [2.05, 4.69) is 15.5 Å². The summed E-state index contributed by atoms with van der Waals surface area (Å²) in [5.41, 5.74) is -1.21. The SMILES string of the molecule is Cc1nc(C(=O)NC2(C(=O)O)CCCCCC2)no1. The van der Waals surface area contributed by atoms with E-state index in [-0.39, 0.29) is 11.7 Å². The zero-order valence-electron chi connectivity index (χ0n) is 10.8. The predicted octanol–water partition coefficient (Wildman–Crippen LogP) is 1.29. The van der Waals surface area contributed by atoms with Gasteiger partial charge in [0.1, 0.15) is 5.54 Å². The van der Waals surface area contributed by atoms with Gasteiger partial charge in [-0.3, -0.25) is 4.79 Å². The average Bonchev–Trinajstić information content (AvgIpc) is 2.65. The summed E-state index contributed by atoms with van der Waals surface area (Å²) < 4.78 is 4.72. The largest absolute Gasteiger partial charge is 0.480 e. The first-order valence-electron chi connectivity index (χ1n) is 6.40. The normalized spacial score (nSPS) is 18.6. The summed E-state index contributed by atoms with van der Waals surface area (Å²) in [7, 11) is 0. The van der Waals surface area contributed by atoms with Crippen molar-refractivity contribution in [2.24, 2.45) is 0 Å². The van der Waals surface area contributed by atoms with Crippen LogP contribution in [0.5, 0.6) is 0 Å². The molecule has 0 radical (unpaired) electrons. The summed E-state index contributed by atoms with van der Waals surface area (Å²) in [6.07, 6.45) is 4.43. The molecule has 2 N–H and O–H groups in total. The maximum Gasteiger partial charge on any atom is 0.329 e. The third kappa shape index (κ3) is 2.91. The van der Waals surface area contributed by atoms with Crippen LogP contribution in [0.25, 0.3) is 0 Å². The minimum Gasteiger partial charge on any atom is -0.480 e. The van der Waals surface area contributed by atoms with Crippen LogP contribution in [0.3, 0.4) is 0 Å². The van der Waals surface area contributed by atoms with Crippen LogP contribution in [0.2, 0.25) is 0 Å². The molecule has 0 unspecified atom stereocenters. The number of aliphatic carboxylic acids is 1. The van der Waals surface area contributed by atoms with Crippen molar-refractivity contribution >= 4 is 11.9 Å². The number of rotatable bonds is 3. The predicted molar refractivity (Wildman–Crippen MR) is 64.6 cm³/mol. The van der Waals surface area contributed by atoms with E-state index in [0.717, 1.165) is 25.7 Å². The Kier molecular flexibility index (Phi) is 3.82. The molecule has 1 heterocycles. The van der Waals surface area contributed by atoms with Gasteiger partial charge in [0.2, 0.25) is 5.89 Å². The van der Waals surface area contributed by atoms with Gasteiger partial charge in [-0.05, 0) is 12.8 Å². The number of aromatic nitrogens is 2. The first-order valence-corrected chi connectivity index (χ1v) is 6.40. The highest BCUT2D eigenvalue weighted by Gasteiger charge is 2.40. The van der Waals surface area contributed by atoms with E-state index in [1.54, 1.807) is 6.92 Å². The van der Waals surface area contributed by atoms with Crippen molar-refractivity contribution in [1.29, 1.82) is 0 Å². The second-order valence-electron chi connectivity index (χ2n) is 4.89. The Morgan fingerprint density at radius 3 is 2.37 bits per heavy atom. The van der Waals surface area contributed by atoms with Crippen LogP contribution in [0.15, 0.2) is 4.52 Å². The smallest absolute Gasteiger partial charge is 0.329 e. The molecular formula is C12H17N3O4. The van der Waals surface area contributed by atoms with Crippen LogP contribution in [0.1, 0.15) is 55.0 Å². The van der Waals surface area contributed by atoms with Crippen LogP contribution in [-0.2, 0) is 4.79 Å². The summed E-state index contributed by atoms with van der Waals surface area (Å²) >= 11 is 0. The molecule has 1 aliphatic carbocycles. The molecule has 0 aliphatic heterocycles.